The fraction of sp³-hybridized carbons (Fsp3) is 0. The first-order valence-electron chi connectivity index (χ1n) is 13.6. The summed E-state index contributed by atoms with van der Waals surface area (Å²) in [5.74, 6) is 0. The first-order valence-corrected chi connectivity index (χ1v) is 13.6. The van der Waals surface area contributed by atoms with Gasteiger partial charge in [0.15, 0.2) is 0 Å². The molecule has 0 amide bonds. The van der Waals surface area contributed by atoms with Gasteiger partial charge < -0.3 is 8.83 Å². The molecule has 40 heavy (non-hydrogen) atoms. The first-order chi connectivity index (χ1) is 19.8. The van der Waals surface area contributed by atoms with Gasteiger partial charge in [0.05, 0.1) is 6.26 Å². The third kappa shape index (κ3) is 2.93. The van der Waals surface area contributed by atoms with Crippen molar-refractivity contribution in [3.05, 3.63) is 134 Å². The van der Waals surface area contributed by atoms with Gasteiger partial charge in [-0.2, -0.15) is 0 Å². The van der Waals surface area contributed by atoms with Gasteiger partial charge in [0, 0.05) is 27.3 Å². The largest absolute Gasteiger partial charge is 0.464 e. The Balaban J connectivity index is 1.47. The van der Waals surface area contributed by atoms with Crippen LogP contribution in [0.4, 0.5) is 0 Å². The van der Waals surface area contributed by atoms with Gasteiger partial charge in [0.25, 0.3) is 0 Å². The van der Waals surface area contributed by atoms with E-state index < -0.39 is 0 Å². The third-order valence-corrected chi connectivity index (χ3v) is 8.32. The van der Waals surface area contributed by atoms with Crippen LogP contribution in [-0.4, -0.2) is 0 Å². The van der Waals surface area contributed by atoms with Crippen molar-refractivity contribution in [2.75, 3.05) is 0 Å². The summed E-state index contributed by atoms with van der Waals surface area (Å²) in [5, 5.41) is 10.6. The Kier molecular flexibility index (Phi) is 4.36. The van der Waals surface area contributed by atoms with E-state index >= 15 is 0 Å². The molecular weight excluding hydrogens is 488 g/mol. The number of fused-ring (bicyclic) bond motifs is 8. The van der Waals surface area contributed by atoms with Gasteiger partial charge in [-0.3, -0.25) is 0 Å². The smallest absolute Gasteiger partial charge is 0.144 e. The molecule has 0 saturated heterocycles. The van der Waals surface area contributed by atoms with Crippen LogP contribution in [0, 0.1) is 0 Å². The normalized spacial score (nSPS) is 12.0. The van der Waals surface area contributed by atoms with Gasteiger partial charge in [-0.05, 0) is 67.7 Å². The number of para-hydroxylation sites is 1. The fourth-order valence-electron chi connectivity index (χ4n) is 6.60. The summed E-state index contributed by atoms with van der Waals surface area (Å²) in [4.78, 5) is 0. The van der Waals surface area contributed by atoms with Crippen LogP contribution in [0.1, 0.15) is 0 Å². The number of hydrogen-bond donors (Lipinski definition) is 0. The summed E-state index contributed by atoms with van der Waals surface area (Å²) in [7, 11) is 0. The zero-order valence-electron chi connectivity index (χ0n) is 21.5. The predicted molar refractivity (Wildman–Crippen MR) is 167 cm³/mol. The summed E-state index contributed by atoms with van der Waals surface area (Å²) in [6, 6.07) is 45.3. The van der Waals surface area contributed by atoms with Crippen LogP contribution in [-0.2, 0) is 0 Å². The predicted octanol–water partition coefficient (Wildman–Crippen LogP) is 11.1. The molecule has 9 rings (SSSR count). The topological polar surface area (TPSA) is 26.3 Å². The second-order valence-corrected chi connectivity index (χ2v) is 10.5. The second-order valence-electron chi connectivity index (χ2n) is 10.5. The Morgan fingerprint density at radius 3 is 1.77 bits per heavy atom. The number of benzene rings is 7. The average molecular weight is 511 g/mol. The molecule has 0 bridgehead atoms. The van der Waals surface area contributed by atoms with E-state index in [1.165, 1.54) is 43.4 Å². The molecule has 0 fully saturated rings. The van der Waals surface area contributed by atoms with E-state index in [2.05, 4.69) is 109 Å². The molecule has 2 nitrogen and oxygen atoms in total. The number of rotatable bonds is 2. The van der Waals surface area contributed by atoms with E-state index in [0.717, 1.165) is 44.0 Å². The lowest BCUT2D eigenvalue weighted by molar-refractivity contribution is 0.615. The Morgan fingerprint density at radius 1 is 0.425 bits per heavy atom. The summed E-state index contributed by atoms with van der Waals surface area (Å²) >= 11 is 0. The lowest BCUT2D eigenvalue weighted by Gasteiger charge is -2.18. The molecule has 9 aromatic rings. The highest BCUT2D eigenvalue weighted by Crippen LogP contribution is 2.48. The fourth-order valence-corrected chi connectivity index (χ4v) is 6.60. The van der Waals surface area contributed by atoms with E-state index in [0.29, 0.717) is 0 Å². The molecule has 0 unspecified atom stereocenters. The molecular formula is C38H22O2. The van der Waals surface area contributed by atoms with E-state index in [9.17, 15) is 0 Å². The molecule has 0 atom stereocenters. The molecule has 2 heterocycles. The molecule has 0 aliphatic heterocycles. The van der Waals surface area contributed by atoms with Crippen molar-refractivity contribution in [2.24, 2.45) is 0 Å². The minimum atomic E-state index is 0.862. The maximum absolute atomic E-state index is 6.63. The Hall–Kier alpha value is -5.34. The monoisotopic (exact) mass is 510 g/mol. The van der Waals surface area contributed by atoms with E-state index in [1.807, 2.05) is 18.2 Å². The standard InChI is InChI=1S/C38H22O2/c1-2-10-24-21-25(18-17-23(24)9-1)35-26-11-3-5-13-28(26)36(29-14-6-4-12-27(29)35)32-22-34-31(19-20-39-34)37-30-15-7-8-16-33(30)40-38(32)37/h1-22H. The molecule has 0 N–H and O–H groups in total. The third-order valence-electron chi connectivity index (χ3n) is 8.32. The van der Waals surface area contributed by atoms with Gasteiger partial charge in [-0.25, -0.2) is 0 Å². The van der Waals surface area contributed by atoms with Crippen molar-refractivity contribution in [2.45, 2.75) is 0 Å². The van der Waals surface area contributed by atoms with Crippen molar-refractivity contribution in [1.82, 2.24) is 0 Å². The van der Waals surface area contributed by atoms with Crippen molar-refractivity contribution < 1.29 is 8.83 Å². The van der Waals surface area contributed by atoms with Gasteiger partial charge in [0.1, 0.15) is 16.7 Å². The van der Waals surface area contributed by atoms with Crippen LogP contribution in [0.15, 0.2) is 142 Å². The lowest BCUT2D eigenvalue weighted by atomic mass is 9.85. The summed E-state index contributed by atoms with van der Waals surface area (Å²) in [6.45, 7) is 0. The highest BCUT2D eigenvalue weighted by Gasteiger charge is 2.22. The van der Waals surface area contributed by atoms with Crippen LogP contribution in [0.25, 0.3) is 87.5 Å². The minimum absolute atomic E-state index is 0.862. The average Bonchev–Trinajstić information content (AvgIpc) is 3.64. The SMILES string of the molecule is c1ccc2cc(-c3c4ccccc4c(-c4cc5occc5c5c4oc4ccccc45)c4ccccc34)ccc2c1. The minimum Gasteiger partial charge on any atom is -0.464 e. The quantitative estimate of drug-likeness (QED) is 0.216. The second kappa shape index (κ2) is 8.08. The van der Waals surface area contributed by atoms with E-state index in [4.69, 9.17) is 8.83 Å². The maximum atomic E-state index is 6.63. The van der Waals surface area contributed by atoms with Crippen LogP contribution >= 0.6 is 0 Å². The summed E-state index contributed by atoms with van der Waals surface area (Å²) in [6.07, 6.45) is 1.77. The van der Waals surface area contributed by atoms with Crippen molar-refractivity contribution in [3.8, 4) is 22.3 Å². The Morgan fingerprint density at radius 2 is 1.02 bits per heavy atom. The zero-order valence-corrected chi connectivity index (χ0v) is 21.5. The molecule has 2 aromatic heterocycles. The number of hydrogen-bond acceptors (Lipinski definition) is 2. The maximum Gasteiger partial charge on any atom is 0.144 e. The van der Waals surface area contributed by atoms with E-state index in [-0.39, 0.29) is 0 Å². The molecule has 186 valence electrons. The molecule has 0 spiro atoms. The van der Waals surface area contributed by atoms with Gasteiger partial charge in [0.2, 0.25) is 0 Å². The van der Waals surface area contributed by atoms with Crippen molar-refractivity contribution in [1.29, 1.82) is 0 Å². The molecule has 7 aromatic carbocycles. The van der Waals surface area contributed by atoms with Crippen LogP contribution in [0.3, 0.4) is 0 Å². The van der Waals surface area contributed by atoms with Gasteiger partial charge in [-0.1, -0.05) is 103 Å². The highest BCUT2D eigenvalue weighted by atomic mass is 16.3. The summed E-state index contributed by atoms with van der Waals surface area (Å²) in [5.41, 5.74) is 7.32. The van der Waals surface area contributed by atoms with Crippen molar-refractivity contribution >= 4 is 65.2 Å². The van der Waals surface area contributed by atoms with Gasteiger partial charge >= 0.3 is 0 Å². The van der Waals surface area contributed by atoms with Crippen LogP contribution in [0.2, 0.25) is 0 Å². The zero-order chi connectivity index (χ0) is 26.2. The van der Waals surface area contributed by atoms with E-state index in [1.54, 1.807) is 6.26 Å². The van der Waals surface area contributed by atoms with Gasteiger partial charge in [-0.15, -0.1) is 0 Å². The number of furan rings is 2. The van der Waals surface area contributed by atoms with Crippen molar-refractivity contribution in [3.63, 3.8) is 0 Å². The Labute approximate surface area is 229 Å². The highest BCUT2D eigenvalue weighted by molar-refractivity contribution is 6.28. The molecule has 0 aliphatic carbocycles. The van der Waals surface area contributed by atoms with Crippen LogP contribution in [0.5, 0.6) is 0 Å². The first kappa shape index (κ1) is 21.6. The molecule has 0 radical (unpaired) electrons. The molecule has 2 heteroatoms. The molecule has 0 aliphatic rings. The van der Waals surface area contributed by atoms with Crippen LogP contribution < -0.4 is 0 Å². The Bertz CT molecular complexity index is 2380. The molecule has 0 saturated carbocycles. The summed E-state index contributed by atoms with van der Waals surface area (Å²) < 4.78 is 12.7. The lowest BCUT2D eigenvalue weighted by Crippen LogP contribution is -1.91.